The van der Waals surface area contributed by atoms with Crippen LogP contribution in [-0.4, -0.2) is 43.5 Å². The van der Waals surface area contributed by atoms with Gasteiger partial charge in [0.1, 0.15) is 0 Å². The van der Waals surface area contributed by atoms with E-state index in [4.69, 9.17) is 10.5 Å². The molecule has 6 heteroatoms. The maximum absolute atomic E-state index is 9.19. The Morgan fingerprint density at radius 3 is 2.64 bits per heavy atom. The molecule has 22 heavy (non-hydrogen) atoms. The number of rotatable bonds is 9. The summed E-state index contributed by atoms with van der Waals surface area (Å²) < 4.78 is 5.46. The Morgan fingerprint density at radius 2 is 2.09 bits per heavy atom. The molecule has 0 aromatic carbocycles. The number of hydrogen-bond acceptors (Lipinski definition) is 3. The Bertz CT molecular complexity index is 319. The largest absolute Gasteiger partial charge is 0.396 e. The van der Waals surface area contributed by atoms with Crippen LogP contribution in [0.25, 0.3) is 0 Å². The molecular weight excluding hydrogens is 393 g/mol. The molecule has 1 aliphatic rings. The predicted octanol–water partition coefficient (Wildman–Crippen LogP) is 2.51. The van der Waals surface area contributed by atoms with Crippen LogP contribution in [0.1, 0.15) is 52.9 Å². The number of hydrogen-bond donors (Lipinski definition) is 3. The van der Waals surface area contributed by atoms with Crippen molar-refractivity contribution in [1.29, 1.82) is 0 Å². The average molecular weight is 427 g/mol. The smallest absolute Gasteiger partial charge is 0.188 e. The zero-order valence-electron chi connectivity index (χ0n) is 14.3. The number of halogens is 1. The SMILES string of the molecule is CC(C)CCCC(C)NC(N)=NCC1(CCO)CCOC1.I. The molecule has 0 amide bonds. The van der Waals surface area contributed by atoms with Gasteiger partial charge in [0, 0.05) is 24.7 Å². The highest BCUT2D eigenvalue weighted by atomic mass is 127. The quantitative estimate of drug-likeness (QED) is 0.300. The first kappa shape index (κ1) is 21.9. The van der Waals surface area contributed by atoms with E-state index in [1.807, 2.05) is 0 Å². The minimum atomic E-state index is -0.0259. The van der Waals surface area contributed by atoms with Crippen LogP contribution in [0.4, 0.5) is 0 Å². The van der Waals surface area contributed by atoms with Crippen LogP contribution in [0.5, 0.6) is 0 Å². The second kappa shape index (κ2) is 11.5. The third-order valence-corrected chi connectivity index (χ3v) is 4.22. The van der Waals surface area contributed by atoms with Crippen LogP contribution in [0.2, 0.25) is 0 Å². The fraction of sp³-hybridized carbons (Fsp3) is 0.938. The van der Waals surface area contributed by atoms with Crippen LogP contribution in [0.3, 0.4) is 0 Å². The van der Waals surface area contributed by atoms with Gasteiger partial charge in [0.05, 0.1) is 13.2 Å². The van der Waals surface area contributed by atoms with Crippen LogP contribution >= 0.6 is 24.0 Å². The van der Waals surface area contributed by atoms with Gasteiger partial charge in [-0.05, 0) is 32.1 Å². The van der Waals surface area contributed by atoms with Crippen molar-refractivity contribution in [3.05, 3.63) is 0 Å². The molecule has 1 saturated heterocycles. The van der Waals surface area contributed by atoms with Crippen LogP contribution in [0, 0.1) is 11.3 Å². The van der Waals surface area contributed by atoms with Gasteiger partial charge in [-0.2, -0.15) is 0 Å². The number of nitrogens with zero attached hydrogens (tertiary/aromatic N) is 1. The first-order chi connectivity index (χ1) is 9.97. The van der Waals surface area contributed by atoms with Gasteiger partial charge in [-0.1, -0.05) is 26.7 Å². The van der Waals surface area contributed by atoms with Crippen molar-refractivity contribution in [2.75, 3.05) is 26.4 Å². The number of nitrogens with two attached hydrogens (primary N) is 1. The molecule has 2 unspecified atom stereocenters. The summed E-state index contributed by atoms with van der Waals surface area (Å²) in [6.07, 6.45) is 5.25. The summed E-state index contributed by atoms with van der Waals surface area (Å²) in [7, 11) is 0. The van der Waals surface area contributed by atoms with E-state index in [0.29, 0.717) is 25.2 Å². The summed E-state index contributed by atoms with van der Waals surface area (Å²) in [5.74, 6) is 1.26. The zero-order chi connectivity index (χ0) is 15.7. The average Bonchev–Trinajstić information content (AvgIpc) is 2.85. The van der Waals surface area contributed by atoms with Crippen LogP contribution in [0.15, 0.2) is 4.99 Å². The van der Waals surface area contributed by atoms with E-state index in [1.165, 1.54) is 12.8 Å². The van der Waals surface area contributed by atoms with E-state index >= 15 is 0 Å². The fourth-order valence-electron chi connectivity index (χ4n) is 2.74. The van der Waals surface area contributed by atoms with Crippen molar-refractivity contribution in [3.63, 3.8) is 0 Å². The summed E-state index contributed by atoms with van der Waals surface area (Å²) in [4.78, 5) is 4.47. The molecule has 132 valence electrons. The molecule has 2 atom stereocenters. The molecule has 0 saturated carbocycles. The van der Waals surface area contributed by atoms with Crippen molar-refractivity contribution >= 4 is 29.9 Å². The van der Waals surface area contributed by atoms with E-state index < -0.39 is 0 Å². The molecule has 0 aliphatic carbocycles. The number of aliphatic hydroxyl groups excluding tert-OH is 1. The minimum absolute atomic E-state index is 0. The molecule has 0 radical (unpaired) electrons. The zero-order valence-corrected chi connectivity index (χ0v) is 16.6. The third-order valence-electron chi connectivity index (χ3n) is 4.22. The first-order valence-corrected chi connectivity index (χ1v) is 8.22. The monoisotopic (exact) mass is 427 g/mol. The van der Waals surface area contributed by atoms with Crippen molar-refractivity contribution in [2.24, 2.45) is 22.1 Å². The van der Waals surface area contributed by atoms with E-state index in [2.05, 4.69) is 31.1 Å². The van der Waals surface area contributed by atoms with Crippen LogP contribution < -0.4 is 11.1 Å². The van der Waals surface area contributed by atoms with E-state index in [-0.39, 0.29) is 36.0 Å². The Hall–Kier alpha value is -0.0800. The van der Waals surface area contributed by atoms with Gasteiger partial charge in [-0.15, -0.1) is 24.0 Å². The van der Waals surface area contributed by atoms with Crippen molar-refractivity contribution in [3.8, 4) is 0 Å². The molecule has 1 heterocycles. The van der Waals surface area contributed by atoms with Crippen molar-refractivity contribution in [2.45, 2.75) is 58.9 Å². The summed E-state index contributed by atoms with van der Waals surface area (Å²) >= 11 is 0. The Kier molecular flexibility index (Phi) is 11.4. The van der Waals surface area contributed by atoms with Gasteiger partial charge >= 0.3 is 0 Å². The third kappa shape index (κ3) is 8.53. The van der Waals surface area contributed by atoms with Gasteiger partial charge in [-0.3, -0.25) is 4.99 Å². The van der Waals surface area contributed by atoms with Crippen LogP contribution in [-0.2, 0) is 4.74 Å². The van der Waals surface area contributed by atoms with E-state index in [1.54, 1.807) is 0 Å². The molecular formula is C16H34IN3O2. The molecule has 1 rings (SSSR count). The van der Waals surface area contributed by atoms with E-state index in [9.17, 15) is 5.11 Å². The second-order valence-corrected chi connectivity index (χ2v) is 6.85. The lowest BCUT2D eigenvalue weighted by atomic mass is 9.84. The normalized spacial score (nSPS) is 23.4. The number of ether oxygens (including phenoxy) is 1. The maximum Gasteiger partial charge on any atom is 0.188 e. The summed E-state index contributed by atoms with van der Waals surface area (Å²) in [5, 5.41) is 12.5. The Balaban J connectivity index is 0.00000441. The maximum atomic E-state index is 9.19. The summed E-state index contributed by atoms with van der Waals surface area (Å²) in [6.45, 7) is 8.88. The Labute approximate surface area is 152 Å². The predicted molar refractivity (Wildman–Crippen MR) is 103 cm³/mol. The molecule has 0 spiro atoms. The Morgan fingerprint density at radius 1 is 1.36 bits per heavy atom. The summed E-state index contributed by atoms with van der Waals surface area (Å²) in [6, 6.07) is 0.348. The highest BCUT2D eigenvalue weighted by Gasteiger charge is 2.34. The lowest BCUT2D eigenvalue weighted by Crippen LogP contribution is -2.39. The highest BCUT2D eigenvalue weighted by molar-refractivity contribution is 14.0. The van der Waals surface area contributed by atoms with Crippen molar-refractivity contribution < 1.29 is 9.84 Å². The molecule has 0 aromatic rings. The van der Waals surface area contributed by atoms with Gasteiger partial charge < -0.3 is 20.9 Å². The molecule has 4 N–H and O–H groups in total. The molecule has 1 aliphatic heterocycles. The molecule has 5 nitrogen and oxygen atoms in total. The summed E-state index contributed by atoms with van der Waals surface area (Å²) in [5.41, 5.74) is 5.95. The molecule has 0 bridgehead atoms. The molecule has 0 aromatic heterocycles. The van der Waals surface area contributed by atoms with Gasteiger partial charge in [0.15, 0.2) is 5.96 Å². The molecule has 1 fully saturated rings. The lowest BCUT2D eigenvalue weighted by Gasteiger charge is -2.24. The number of aliphatic imine (C=N–C) groups is 1. The van der Waals surface area contributed by atoms with Gasteiger partial charge in [-0.25, -0.2) is 0 Å². The topological polar surface area (TPSA) is 79.9 Å². The standard InChI is InChI=1S/C16H33N3O2.HI/c1-13(2)5-4-6-14(3)19-15(17)18-11-16(7-9-20)8-10-21-12-16;/h13-14,20H,4-12H2,1-3H3,(H3,17,18,19);1H. The second-order valence-electron chi connectivity index (χ2n) is 6.85. The fourth-order valence-corrected chi connectivity index (χ4v) is 2.74. The van der Waals surface area contributed by atoms with Crippen molar-refractivity contribution in [1.82, 2.24) is 5.32 Å². The number of guanidine groups is 1. The van der Waals surface area contributed by atoms with Gasteiger partial charge in [0.2, 0.25) is 0 Å². The minimum Gasteiger partial charge on any atom is -0.396 e. The number of aliphatic hydroxyl groups is 1. The van der Waals surface area contributed by atoms with E-state index in [0.717, 1.165) is 31.8 Å². The first-order valence-electron chi connectivity index (χ1n) is 8.22. The van der Waals surface area contributed by atoms with Gasteiger partial charge in [0.25, 0.3) is 0 Å². The number of nitrogens with one attached hydrogen (secondary N) is 1. The lowest BCUT2D eigenvalue weighted by molar-refractivity contribution is 0.131. The highest BCUT2D eigenvalue weighted by Crippen LogP contribution is 2.32.